The zero-order valence-corrected chi connectivity index (χ0v) is 15.7. The van der Waals surface area contributed by atoms with E-state index in [0.717, 1.165) is 18.4 Å². The number of aliphatic hydroxyl groups excluding tert-OH is 1. The Hall–Kier alpha value is -1.88. The fourth-order valence-electron chi connectivity index (χ4n) is 5.57. The van der Waals surface area contributed by atoms with Gasteiger partial charge in [0.25, 0.3) is 0 Å². The van der Waals surface area contributed by atoms with Crippen LogP contribution in [0.1, 0.15) is 55.9 Å². The van der Waals surface area contributed by atoms with Gasteiger partial charge in [0.15, 0.2) is 0 Å². The number of phenolic OH excluding ortho intramolecular Hbond substituents is 1. The number of aromatic hydroxyl groups is 1. The average Bonchev–Trinajstić information content (AvgIpc) is 3.31. The molecule has 0 aliphatic carbocycles. The summed E-state index contributed by atoms with van der Waals surface area (Å²) in [5.41, 5.74) is 2.17. The molecule has 2 aromatic rings. The van der Waals surface area contributed by atoms with Gasteiger partial charge in [0.1, 0.15) is 17.5 Å². The molecule has 3 aliphatic heterocycles. The average molecular weight is 365 g/mol. The van der Waals surface area contributed by atoms with Crippen LogP contribution in [-0.2, 0) is 4.74 Å². The van der Waals surface area contributed by atoms with E-state index in [1.807, 2.05) is 12.1 Å². The maximum atomic E-state index is 10.9. The Kier molecular flexibility index (Phi) is 4.04. The second-order valence-electron chi connectivity index (χ2n) is 8.49. The number of piperidine rings is 1. The summed E-state index contributed by atoms with van der Waals surface area (Å²) in [5, 5.41) is 20.4. The van der Waals surface area contributed by atoms with Crippen molar-refractivity contribution in [2.45, 2.75) is 68.5 Å². The highest BCUT2D eigenvalue weighted by Gasteiger charge is 2.64. The lowest BCUT2D eigenvalue weighted by atomic mass is 9.84. The first-order valence-corrected chi connectivity index (χ1v) is 10.0. The number of aliphatic hydroxyl groups is 1. The molecule has 0 amide bonds. The highest BCUT2D eigenvalue weighted by Crippen LogP contribution is 2.61. The van der Waals surface area contributed by atoms with Gasteiger partial charge < -0.3 is 14.9 Å². The van der Waals surface area contributed by atoms with Gasteiger partial charge in [-0.05, 0) is 55.9 Å². The lowest BCUT2D eigenvalue weighted by molar-refractivity contribution is -0.00988. The molecule has 2 N–H and O–H groups in total. The predicted octanol–water partition coefficient (Wildman–Crippen LogP) is 3.95. The number of benzene rings is 2. The maximum absolute atomic E-state index is 10.9. The number of hydrogen-bond acceptors (Lipinski definition) is 4. The Morgan fingerprint density at radius 2 is 1.63 bits per heavy atom. The van der Waals surface area contributed by atoms with Crippen LogP contribution in [0.3, 0.4) is 0 Å². The molecule has 4 nitrogen and oxygen atoms in total. The summed E-state index contributed by atoms with van der Waals surface area (Å²) in [5.74, 6) is 0.233. The van der Waals surface area contributed by atoms with Gasteiger partial charge in [-0.15, -0.1) is 0 Å². The minimum atomic E-state index is -0.548. The van der Waals surface area contributed by atoms with Crippen LogP contribution in [-0.4, -0.2) is 38.8 Å². The van der Waals surface area contributed by atoms with Gasteiger partial charge in [0, 0.05) is 18.1 Å². The maximum Gasteiger partial charge on any atom is 0.115 e. The molecule has 0 saturated carbocycles. The van der Waals surface area contributed by atoms with E-state index in [0.29, 0.717) is 12.1 Å². The molecule has 142 valence electrons. The topological polar surface area (TPSA) is 56.2 Å². The van der Waals surface area contributed by atoms with Gasteiger partial charge in [-0.1, -0.05) is 42.5 Å². The Morgan fingerprint density at radius 3 is 2.26 bits per heavy atom. The number of epoxide rings is 1. The van der Waals surface area contributed by atoms with Crippen molar-refractivity contribution in [1.82, 2.24) is 4.90 Å². The zero-order valence-electron chi connectivity index (χ0n) is 15.7. The van der Waals surface area contributed by atoms with Crippen molar-refractivity contribution in [1.29, 1.82) is 0 Å². The predicted molar refractivity (Wildman–Crippen MR) is 103 cm³/mol. The van der Waals surface area contributed by atoms with E-state index >= 15 is 0 Å². The smallest absolute Gasteiger partial charge is 0.115 e. The Morgan fingerprint density at radius 1 is 1.00 bits per heavy atom. The normalized spacial score (nSPS) is 34.5. The van der Waals surface area contributed by atoms with E-state index in [2.05, 4.69) is 42.2 Å². The fourth-order valence-corrected chi connectivity index (χ4v) is 5.57. The number of ether oxygens (including phenoxy) is 1. The molecule has 5 rings (SSSR count). The summed E-state index contributed by atoms with van der Waals surface area (Å²) < 4.78 is 6.28. The van der Waals surface area contributed by atoms with Crippen LogP contribution in [0.25, 0.3) is 0 Å². The minimum Gasteiger partial charge on any atom is -0.508 e. The lowest BCUT2D eigenvalue weighted by Crippen LogP contribution is -2.52. The zero-order chi connectivity index (χ0) is 18.6. The van der Waals surface area contributed by atoms with E-state index < -0.39 is 6.10 Å². The number of phenols is 1. The summed E-state index contributed by atoms with van der Waals surface area (Å²) in [6, 6.07) is 18.5. The van der Waals surface area contributed by atoms with E-state index in [-0.39, 0.29) is 23.5 Å². The Bertz CT molecular complexity index is 792. The molecule has 0 aromatic heterocycles. The van der Waals surface area contributed by atoms with Gasteiger partial charge in [-0.2, -0.15) is 0 Å². The molecule has 3 aliphatic rings. The molecule has 2 aromatic carbocycles. The molecule has 3 fully saturated rings. The molecular weight excluding hydrogens is 338 g/mol. The van der Waals surface area contributed by atoms with Crippen LogP contribution in [0.2, 0.25) is 0 Å². The van der Waals surface area contributed by atoms with E-state index in [1.165, 1.54) is 18.4 Å². The van der Waals surface area contributed by atoms with Gasteiger partial charge in [0.05, 0.1) is 6.10 Å². The van der Waals surface area contributed by atoms with Crippen LogP contribution in [0.5, 0.6) is 5.75 Å². The lowest BCUT2D eigenvalue weighted by Gasteiger charge is -2.43. The number of nitrogens with zero attached hydrogens (tertiary/aromatic N) is 1. The molecule has 4 heteroatoms. The van der Waals surface area contributed by atoms with Crippen molar-refractivity contribution < 1.29 is 14.9 Å². The standard InChI is InChI=1S/C23H27NO3/c1-15(21(26)16-7-11-20(25)12-8-16)24-18-9-10-19(24)14-23(13-18)22(27-23)17-5-3-2-4-6-17/h2-8,11-12,15,18-19,21-22,25-26H,9-10,13-14H2,1H3. The molecule has 3 heterocycles. The Labute approximate surface area is 160 Å². The second kappa shape index (κ2) is 6.33. The molecule has 27 heavy (non-hydrogen) atoms. The third kappa shape index (κ3) is 2.87. The quantitative estimate of drug-likeness (QED) is 0.806. The van der Waals surface area contributed by atoms with E-state index in [4.69, 9.17) is 4.74 Å². The minimum absolute atomic E-state index is 0.00684. The first-order valence-electron chi connectivity index (χ1n) is 10.0. The largest absolute Gasteiger partial charge is 0.508 e. The van der Waals surface area contributed by atoms with E-state index in [1.54, 1.807) is 12.1 Å². The summed E-state index contributed by atoms with van der Waals surface area (Å²) in [6.45, 7) is 2.13. The van der Waals surface area contributed by atoms with Crippen LogP contribution >= 0.6 is 0 Å². The molecule has 3 saturated heterocycles. The molecular formula is C23H27NO3. The van der Waals surface area contributed by atoms with E-state index in [9.17, 15) is 10.2 Å². The highest BCUT2D eigenvalue weighted by molar-refractivity contribution is 5.30. The van der Waals surface area contributed by atoms with Crippen LogP contribution in [0.15, 0.2) is 54.6 Å². The monoisotopic (exact) mass is 365 g/mol. The van der Waals surface area contributed by atoms with Crippen LogP contribution in [0.4, 0.5) is 0 Å². The van der Waals surface area contributed by atoms with Gasteiger partial charge >= 0.3 is 0 Å². The molecule has 0 radical (unpaired) electrons. The van der Waals surface area contributed by atoms with Crippen molar-refractivity contribution in [2.75, 3.05) is 0 Å². The summed E-state index contributed by atoms with van der Waals surface area (Å²) >= 11 is 0. The van der Waals surface area contributed by atoms with Gasteiger partial charge in [-0.25, -0.2) is 0 Å². The molecule has 5 atom stereocenters. The molecule has 5 unspecified atom stereocenters. The van der Waals surface area contributed by atoms with Gasteiger partial charge in [0.2, 0.25) is 0 Å². The number of fused-ring (bicyclic) bond motifs is 2. The van der Waals surface area contributed by atoms with Gasteiger partial charge in [-0.3, -0.25) is 4.90 Å². The van der Waals surface area contributed by atoms with Crippen molar-refractivity contribution in [3.05, 3.63) is 65.7 Å². The van der Waals surface area contributed by atoms with Crippen molar-refractivity contribution in [2.24, 2.45) is 0 Å². The highest BCUT2D eigenvalue weighted by atomic mass is 16.6. The molecule has 1 spiro atoms. The van der Waals surface area contributed by atoms with Crippen molar-refractivity contribution >= 4 is 0 Å². The number of rotatable bonds is 4. The Balaban J connectivity index is 1.32. The first kappa shape index (κ1) is 17.2. The van der Waals surface area contributed by atoms with Crippen molar-refractivity contribution in [3.8, 4) is 5.75 Å². The third-order valence-corrected chi connectivity index (χ3v) is 6.88. The summed E-state index contributed by atoms with van der Waals surface area (Å²) in [4.78, 5) is 2.53. The fraction of sp³-hybridized carbons (Fsp3) is 0.478. The SMILES string of the molecule is CC(C(O)c1ccc(O)cc1)N1C2CCC1CC1(C2)OC1c1ccccc1. The van der Waals surface area contributed by atoms with Crippen molar-refractivity contribution in [3.63, 3.8) is 0 Å². The molecule has 2 bridgehead atoms. The summed E-state index contributed by atoms with van der Waals surface area (Å²) in [6.07, 6.45) is 4.16. The first-order chi connectivity index (χ1) is 13.1. The second-order valence-corrected chi connectivity index (χ2v) is 8.49. The number of hydrogen-bond donors (Lipinski definition) is 2. The third-order valence-electron chi connectivity index (χ3n) is 6.88. The van der Waals surface area contributed by atoms with Crippen LogP contribution < -0.4 is 0 Å². The van der Waals surface area contributed by atoms with Crippen LogP contribution in [0, 0.1) is 0 Å². The summed E-state index contributed by atoms with van der Waals surface area (Å²) in [7, 11) is 0.